The van der Waals surface area contributed by atoms with Gasteiger partial charge in [0.05, 0.1) is 18.8 Å². The Morgan fingerprint density at radius 1 is 1.06 bits per heavy atom. The highest BCUT2D eigenvalue weighted by molar-refractivity contribution is 5.79. The molecule has 0 saturated heterocycles. The number of hydrogen-bond acceptors (Lipinski definition) is 5. The maximum absolute atomic E-state index is 5.95. The van der Waals surface area contributed by atoms with E-state index in [-0.39, 0.29) is 0 Å². The molecule has 0 fully saturated rings. The van der Waals surface area contributed by atoms with Gasteiger partial charge in [0.1, 0.15) is 25.0 Å². The fourth-order valence-corrected chi connectivity index (χ4v) is 3.08. The van der Waals surface area contributed by atoms with Gasteiger partial charge in [-0.25, -0.2) is 14.7 Å². The molecule has 1 aromatic heterocycles. The fourth-order valence-electron chi connectivity index (χ4n) is 3.08. The molecule has 170 valence electrons. The number of guanidine groups is 1. The van der Waals surface area contributed by atoms with E-state index in [4.69, 9.17) is 14.5 Å². The standard InChI is InChI=1S/C24H32N6O2/c1-4-26-24(27-15-20-7-10-22(11-8-20)30-18-25-17-29-30)28-16-21-9-6-19(3)14-23(21)32-13-12-31-5-2/h6-11,14,17-18H,4-5,12-13,15-16H2,1-3H3,(H2,26,27,28). The van der Waals surface area contributed by atoms with Crippen LogP contribution >= 0.6 is 0 Å². The average molecular weight is 437 g/mol. The molecule has 0 aliphatic rings. The molecule has 2 aromatic carbocycles. The van der Waals surface area contributed by atoms with E-state index in [0.29, 0.717) is 32.9 Å². The lowest BCUT2D eigenvalue weighted by molar-refractivity contribution is 0.110. The highest BCUT2D eigenvalue weighted by Crippen LogP contribution is 2.20. The molecule has 0 saturated carbocycles. The zero-order valence-corrected chi connectivity index (χ0v) is 19.0. The zero-order valence-electron chi connectivity index (χ0n) is 19.0. The number of aryl methyl sites for hydroxylation is 1. The molecule has 8 heteroatoms. The van der Waals surface area contributed by atoms with Crippen LogP contribution in [0.25, 0.3) is 5.69 Å². The molecule has 0 bridgehead atoms. The SMILES string of the molecule is CCNC(=NCc1ccc(-n2cncn2)cc1)NCc1ccc(C)cc1OCCOCC. The minimum absolute atomic E-state index is 0.531. The highest BCUT2D eigenvalue weighted by atomic mass is 16.5. The van der Waals surface area contributed by atoms with Crippen molar-refractivity contribution < 1.29 is 9.47 Å². The summed E-state index contributed by atoms with van der Waals surface area (Å²) in [6.45, 7) is 9.86. The normalized spacial score (nSPS) is 11.4. The largest absolute Gasteiger partial charge is 0.491 e. The highest BCUT2D eigenvalue weighted by Gasteiger charge is 2.06. The number of ether oxygens (including phenoxy) is 2. The Labute approximate surface area is 189 Å². The van der Waals surface area contributed by atoms with Crippen molar-refractivity contribution in [1.29, 1.82) is 0 Å². The van der Waals surface area contributed by atoms with Crippen molar-refractivity contribution in [2.45, 2.75) is 33.9 Å². The summed E-state index contributed by atoms with van der Waals surface area (Å²) < 4.78 is 13.1. The summed E-state index contributed by atoms with van der Waals surface area (Å²) in [7, 11) is 0. The van der Waals surface area contributed by atoms with E-state index in [1.165, 1.54) is 6.33 Å². The lowest BCUT2D eigenvalue weighted by atomic mass is 10.1. The average Bonchev–Trinajstić information content (AvgIpc) is 3.35. The van der Waals surface area contributed by atoms with Gasteiger partial charge in [0, 0.05) is 25.3 Å². The molecule has 0 unspecified atom stereocenters. The van der Waals surface area contributed by atoms with Crippen LogP contribution in [0.2, 0.25) is 0 Å². The quantitative estimate of drug-likeness (QED) is 0.273. The molecular formula is C24H32N6O2. The second-order valence-corrected chi connectivity index (χ2v) is 7.21. The summed E-state index contributed by atoms with van der Waals surface area (Å²) in [5, 5.41) is 10.9. The second kappa shape index (κ2) is 12.5. The van der Waals surface area contributed by atoms with Crippen molar-refractivity contribution in [3.05, 3.63) is 71.8 Å². The van der Waals surface area contributed by atoms with Crippen molar-refractivity contribution in [1.82, 2.24) is 25.4 Å². The van der Waals surface area contributed by atoms with Crippen molar-refractivity contribution in [2.24, 2.45) is 4.99 Å². The van der Waals surface area contributed by atoms with Gasteiger partial charge < -0.3 is 20.1 Å². The van der Waals surface area contributed by atoms with Crippen LogP contribution in [0, 0.1) is 6.92 Å². The fraction of sp³-hybridized carbons (Fsp3) is 0.375. The molecule has 3 aromatic rings. The third-order valence-electron chi connectivity index (χ3n) is 4.74. The molecule has 0 radical (unpaired) electrons. The number of benzene rings is 2. The zero-order chi connectivity index (χ0) is 22.6. The lowest BCUT2D eigenvalue weighted by Gasteiger charge is -2.15. The maximum atomic E-state index is 5.95. The number of hydrogen-bond donors (Lipinski definition) is 2. The summed E-state index contributed by atoms with van der Waals surface area (Å²) in [5.41, 5.74) is 4.32. The summed E-state index contributed by atoms with van der Waals surface area (Å²) in [6, 6.07) is 14.4. The summed E-state index contributed by atoms with van der Waals surface area (Å²) in [5.74, 6) is 1.63. The number of aliphatic imine (C=N–C) groups is 1. The van der Waals surface area contributed by atoms with E-state index in [0.717, 1.165) is 40.6 Å². The second-order valence-electron chi connectivity index (χ2n) is 7.21. The van der Waals surface area contributed by atoms with Crippen LogP contribution in [-0.4, -0.2) is 47.1 Å². The van der Waals surface area contributed by atoms with Gasteiger partial charge in [-0.2, -0.15) is 5.10 Å². The molecule has 0 atom stereocenters. The predicted molar refractivity (Wildman–Crippen MR) is 126 cm³/mol. The molecule has 0 aliphatic carbocycles. The minimum atomic E-state index is 0.531. The Bertz CT molecular complexity index is 971. The summed E-state index contributed by atoms with van der Waals surface area (Å²) in [6.07, 6.45) is 3.20. The van der Waals surface area contributed by atoms with E-state index in [1.807, 2.05) is 31.2 Å². The third kappa shape index (κ3) is 7.09. The molecule has 0 amide bonds. The number of aromatic nitrogens is 3. The van der Waals surface area contributed by atoms with E-state index in [9.17, 15) is 0 Å². The van der Waals surface area contributed by atoms with Gasteiger partial charge in [0.25, 0.3) is 0 Å². The predicted octanol–water partition coefficient (Wildman–Crippen LogP) is 3.25. The molecule has 0 spiro atoms. The number of rotatable bonds is 11. The van der Waals surface area contributed by atoms with Gasteiger partial charge >= 0.3 is 0 Å². The van der Waals surface area contributed by atoms with Crippen LogP contribution in [0.3, 0.4) is 0 Å². The number of nitrogens with one attached hydrogen (secondary N) is 2. The molecule has 32 heavy (non-hydrogen) atoms. The third-order valence-corrected chi connectivity index (χ3v) is 4.74. The molecule has 3 rings (SSSR count). The monoisotopic (exact) mass is 436 g/mol. The smallest absolute Gasteiger partial charge is 0.191 e. The van der Waals surface area contributed by atoms with Gasteiger partial charge in [-0.15, -0.1) is 0 Å². The Morgan fingerprint density at radius 3 is 2.62 bits per heavy atom. The van der Waals surface area contributed by atoms with Crippen molar-refractivity contribution in [3.63, 3.8) is 0 Å². The first-order chi connectivity index (χ1) is 15.7. The Kier molecular flexibility index (Phi) is 9.06. The maximum Gasteiger partial charge on any atom is 0.191 e. The van der Waals surface area contributed by atoms with E-state index in [1.54, 1.807) is 11.0 Å². The van der Waals surface area contributed by atoms with Gasteiger partial charge in [0.2, 0.25) is 0 Å². The number of nitrogens with zero attached hydrogens (tertiary/aromatic N) is 4. The van der Waals surface area contributed by atoms with Gasteiger partial charge in [0.15, 0.2) is 5.96 Å². The van der Waals surface area contributed by atoms with Crippen LogP contribution in [0.1, 0.15) is 30.5 Å². The van der Waals surface area contributed by atoms with Gasteiger partial charge in [-0.1, -0.05) is 24.3 Å². The van der Waals surface area contributed by atoms with E-state index < -0.39 is 0 Å². The van der Waals surface area contributed by atoms with Crippen LogP contribution in [-0.2, 0) is 17.8 Å². The Hall–Kier alpha value is -3.39. The molecule has 2 N–H and O–H groups in total. The first-order valence-electron chi connectivity index (χ1n) is 11.0. The van der Waals surface area contributed by atoms with E-state index >= 15 is 0 Å². The molecule has 0 aliphatic heterocycles. The summed E-state index contributed by atoms with van der Waals surface area (Å²) in [4.78, 5) is 8.70. The topological polar surface area (TPSA) is 85.6 Å². The Balaban J connectivity index is 1.61. The van der Waals surface area contributed by atoms with Crippen LogP contribution < -0.4 is 15.4 Å². The van der Waals surface area contributed by atoms with Crippen molar-refractivity contribution >= 4 is 5.96 Å². The molecular weight excluding hydrogens is 404 g/mol. The lowest BCUT2D eigenvalue weighted by Crippen LogP contribution is -2.36. The first kappa shape index (κ1) is 23.3. The van der Waals surface area contributed by atoms with Crippen molar-refractivity contribution in [3.8, 4) is 11.4 Å². The van der Waals surface area contributed by atoms with Crippen LogP contribution in [0.5, 0.6) is 5.75 Å². The van der Waals surface area contributed by atoms with Gasteiger partial charge in [-0.05, 0) is 50.1 Å². The van der Waals surface area contributed by atoms with E-state index in [2.05, 4.69) is 52.8 Å². The van der Waals surface area contributed by atoms with Crippen molar-refractivity contribution in [2.75, 3.05) is 26.4 Å². The van der Waals surface area contributed by atoms with Gasteiger partial charge in [-0.3, -0.25) is 0 Å². The Morgan fingerprint density at radius 2 is 1.91 bits per heavy atom. The molecule has 1 heterocycles. The first-order valence-corrected chi connectivity index (χ1v) is 11.0. The summed E-state index contributed by atoms with van der Waals surface area (Å²) >= 11 is 0. The molecule has 8 nitrogen and oxygen atoms in total. The van der Waals surface area contributed by atoms with Crippen LogP contribution in [0.15, 0.2) is 60.1 Å². The minimum Gasteiger partial charge on any atom is -0.491 e. The van der Waals surface area contributed by atoms with Crippen LogP contribution in [0.4, 0.5) is 0 Å².